The highest BCUT2D eigenvalue weighted by atomic mass is 32.2. The van der Waals surface area contributed by atoms with E-state index >= 15 is 0 Å². The third-order valence-electron chi connectivity index (χ3n) is 3.48. The molecule has 0 spiro atoms. The van der Waals surface area contributed by atoms with Crippen LogP contribution in [0, 0.1) is 0 Å². The lowest BCUT2D eigenvalue weighted by Gasteiger charge is -2.23. The predicted molar refractivity (Wildman–Crippen MR) is 77.2 cm³/mol. The molecule has 108 valence electrons. The van der Waals surface area contributed by atoms with E-state index in [1.807, 2.05) is 0 Å². The molecular weight excluding hydrogens is 262 g/mol. The SMILES string of the molecule is CN(CC(=O)NC1CC1)C(=O)CSC1CCNCC1. The van der Waals surface area contributed by atoms with Crippen LogP contribution in [0.2, 0.25) is 0 Å². The van der Waals surface area contributed by atoms with Gasteiger partial charge in [0, 0.05) is 18.3 Å². The van der Waals surface area contributed by atoms with Crippen molar-refractivity contribution in [3.05, 3.63) is 0 Å². The summed E-state index contributed by atoms with van der Waals surface area (Å²) in [6.45, 7) is 2.28. The van der Waals surface area contributed by atoms with Crippen molar-refractivity contribution in [1.82, 2.24) is 15.5 Å². The Morgan fingerprint density at radius 3 is 2.58 bits per heavy atom. The maximum absolute atomic E-state index is 11.9. The normalized spacial score (nSPS) is 20.1. The number of hydrogen-bond acceptors (Lipinski definition) is 4. The molecule has 2 aliphatic rings. The van der Waals surface area contributed by atoms with Crippen LogP contribution in [0.5, 0.6) is 0 Å². The Labute approximate surface area is 118 Å². The van der Waals surface area contributed by atoms with Crippen molar-refractivity contribution in [2.75, 3.05) is 32.4 Å². The first-order valence-electron chi connectivity index (χ1n) is 7.01. The third-order valence-corrected chi connectivity index (χ3v) is 4.83. The van der Waals surface area contributed by atoms with Crippen LogP contribution in [0.3, 0.4) is 0 Å². The molecule has 6 heteroatoms. The van der Waals surface area contributed by atoms with Crippen molar-refractivity contribution < 1.29 is 9.59 Å². The van der Waals surface area contributed by atoms with Gasteiger partial charge in [0.25, 0.3) is 0 Å². The third kappa shape index (κ3) is 5.40. The Hall–Kier alpha value is -0.750. The maximum atomic E-state index is 11.9. The molecule has 1 heterocycles. The lowest BCUT2D eigenvalue weighted by atomic mass is 10.2. The largest absolute Gasteiger partial charge is 0.352 e. The van der Waals surface area contributed by atoms with E-state index in [0.717, 1.165) is 38.8 Å². The molecule has 0 atom stereocenters. The number of carbonyl (C=O) groups is 2. The van der Waals surface area contributed by atoms with E-state index in [1.54, 1.807) is 18.8 Å². The fourth-order valence-electron chi connectivity index (χ4n) is 2.07. The molecule has 2 rings (SSSR count). The van der Waals surface area contributed by atoms with Crippen molar-refractivity contribution in [2.24, 2.45) is 0 Å². The van der Waals surface area contributed by atoms with Gasteiger partial charge in [-0.1, -0.05) is 0 Å². The summed E-state index contributed by atoms with van der Waals surface area (Å²) in [7, 11) is 1.71. The van der Waals surface area contributed by atoms with E-state index in [9.17, 15) is 9.59 Å². The van der Waals surface area contributed by atoms with Crippen LogP contribution in [0.25, 0.3) is 0 Å². The molecule has 0 aromatic heterocycles. The average Bonchev–Trinajstić information content (AvgIpc) is 3.20. The van der Waals surface area contributed by atoms with E-state index in [0.29, 0.717) is 17.0 Å². The van der Waals surface area contributed by atoms with Gasteiger partial charge in [0.15, 0.2) is 0 Å². The highest BCUT2D eigenvalue weighted by Gasteiger charge is 2.24. The molecule has 2 fully saturated rings. The number of rotatable bonds is 6. The smallest absolute Gasteiger partial charge is 0.239 e. The van der Waals surface area contributed by atoms with E-state index in [1.165, 1.54) is 4.90 Å². The van der Waals surface area contributed by atoms with Crippen LogP contribution in [-0.4, -0.2) is 60.4 Å². The van der Waals surface area contributed by atoms with Crippen LogP contribution < -0.4 is 10.6 Å². The zero-order valence-corrected chi connectivity index (χ0v) is 12.3. The number of piperidine rings is 1. The topological polar surface area (TPSA) is 61.4 Å². The van der Waals surface area contributed by atoms with Crippen molar-refractivity contribution in [1.29, 1.82) is 0 Å². The molecule has 2 N–H and O–H groups in total. The molecule has 2 amide bonds. The van der Waals surface area contributed by atoms with Gasteiger partial charge in [-0.15, -0.1) is 11.8 Å². The summed E-state index contributed by atoms with van der Waals surface area (Å²) in [5.74, 6) is 0.498. The zero-order chi connectivity index (χ0) is 13.7. The lowest BCUT2D eigenvalue weighted by Crippen LogP contribution is -2.40. The molecule has 1 aliphatic heterocycles. The summed E-state index contributed by atoms with van der Waals surface area (Å²) in [5.41, 5.74) is 0. The highest BCUT2D eigenvalue weighted by molar-refractivity contribution is 8.00. The first-order chi connectivity index (χ1) is 9.15. The summed E-state index contributed by atoms with van der Waals surface area (Å²) < 4.78 is 0. The Kier molecular flexibility index (Phi) is 5.51. The maximum Gasteiger partial charge on any atom is 0.239 e. The van der Waals surface area contributed by atoms with Crippen LogP contribution in [0.4, 0.5) is 0 Å². The van der Waals surface area contributed by atoms with E-state index in [4.69, 9.17) is 0 Å². The van der Waals surface area contributed by atoms with Crippen LogP contribution >= 0.6 is 11.8 Å². The minimum absolute atomic E-state index is 0.0368. The number of hydrogen-bond donors (Lipinski definition) is 2. The number of carbonyl (C=O) groups excluding carboxylic acids is 2. The molecule has 19 heavy (non-hydrogen) atoms. The Bertz CT molecular complexity index is 328. The molecule has 0 bridgehead atoms. The van der Waals surface area contributed by atoms with Crippen molar-refractivity contribution in [3.63, 3.8) is 0 Å². The van der Waals surface area contributed by atoms with Gasteiger partial charge in [-0.3, -0.25) is 9.59 Å². The van der Waals surface area contributed by atoms with Gasteiger partial charge in [0.1, 0.15) is 0 Å². The van der Waals surface area contributed by atoms with Crippen molar-refractivity contribution >= 4 is 23.6 Å². The second-order valence-corrected chi connectivity index (χ2v) is 6.64. The monoisotopic (exact) mass is 285 g/mol. The number of amides is 2. The Balaban J connectivity index is 1.61. The minimum Gasteiger partial charge on any atom is -0.352 e. The molecule has 0 radical (unpaired) electrons. The van der Waals surface area contributed by atoms with Crippen LogP contribution in [0.1, 0.15) is 25.7 Å². The molecule has 0 aromatic carbocycles. The second kappa shape index (κ2) is 7.14. The second-order valence-electron chi connectivity index (χ2n) is 5.35. The first-order valence-corrected chi connectivity index (χ1v) is 8.05. The van der Waals surface area contributed by atoms with Gasteiger partial charge in [0.05, 0.1) is 12.3 Å². The number of nitrogens with one attached hydrogen (secondary N) is 2. The number of likely N-dealkylation sites (N-methyl/N-ethyl adjacent to an activating group) is 1. The quantitative estimate of drug-likeness (QED) is 0.732. The van der Waals surface area contributed by atoms with Crippen molar-refractivity contribution in [3.8, 4) is 0 Å². The molecule has 5 nitrogen and oxygen atoms in total. The fourth-order valence-corrected chi connectivity index (χ4v) is 3.23. The average molecular weight is 285 g/mol. The molecule has 0 unspecified atom stereocenters. The standard InChI is InChI=1S/C13H23N3O2S/c1-16(8-12(17)15-10-2-3-10)13(18)9-19-11-4-6-14-7-5-11/h10-11,14H,2-9H2,1H3,(H,15,17). The van der Waals surface area contributed by atoms with Gasteiger partial charge in [-0.2, -0.15) is 0 Å². The zero-order valence-electron chi connectivity index (χ0n) is 11.5. The van der Waals surface area contributed by atoms with Crippen LogP contribution in [-0.2, 0) is 9.59 Å². The highest BCUT2D eigenvalue weighted by Crippen LogP contribution is 2.20. The van der Waals surface area contributed by atoms with E-state index in [-0.39, 0.29) is 18.4 Å². The molecule has 0 aromatic rings. The summed E-state index contributed by atoms with van der Waals surface area (Å²) in [6, 6.07) is 0.361. The minimum atomic E-state index is -0.0368. The number of nitrogens with zero attached hydrogens (tertiary/aromatic N) is 1. The summed E-state index contributed by atoms with van der Waals surface area (Å²) >= 11 is 1.72. The summed E-state index contributed by atoms with van der Waals surface area (Å²) in [4.78, 5) is 25.1. The van der Waals surface area contributed by atoms with E-state index < -0.39 is 0 Å². The molecule has 1 saturated heterocycles. The van der Waals surface area contributed by atoms with Gasteiger partial charge >= 0.3 is 0 Å². The summed E-state index contributed by atoms with van der Waals surface area (Å²) in [5, 5.41) is 6.79. The van der Waals surface area contributed by atoms with Crippen LogP contribution in [0.15, 0.2) is 0 Å². The van der Waals surface area contributed by atoms with Crippen molar-refractivity contribution in [2.45, 2.75) is 37.0 Å². The predicted octanol–water partition coefficient (Wildman–Crippen LogP) is 0.209. The molecule has 1 aliphatic carbocycles. The summed E-state index contributed by atoms with van der Waals surface area (Å²) in [6.07, 6.45) is 4.41. The molecule has 1 saturated carbocycles. The van der Waals surface area contributed by atoms with E-state index in [2.05, 4.69) is 10.6 Å². The van der Waals surface area contributed by atoms with Gasteiger partial charge in [-0.25, -0.2) is 0 Å². The fraction of sp³-hybridized carbons (Fsp3) is 0.846. The van der Waals surface area contributed by atoms with Gasteiger partial charge in [0.2, 0.25) is 11.8 Å². The Morgan fingerprint density at radius 2 is 1.95 bits per heavy atom. The Morgan fingerprint density at radius 1 is 1.26 bits per heavy atom. The van der Waals surface area contributed by atoms with Gasteiger partial charge in [-0.05, 0) is 38.8 Å². The van der Waals surface area contributed by atoms with Gasteiger partial charge < -0.3 is 15.5 Å². The molecular formula is C13H23N3O2S. The lowest BCUT2D eigenvalue weighted by molar-refractivity contribution is -0.132. The first kappa shape index (κ1) is 14.7. The number of thioether (sulfide) groups is 1.